The molecule has 0 saturated carbocycles. The van der Waals surface area contributed by atoms with E-state index in [4.69, 9.17) is 37.4 Å². The van der Waals surface area contributed by atoms with Gasteiger partial charge in [-0.2, -0.15) is 0 Å². The fraction of sp³-hybridized carbons (Fsp3) is 0.0800. The molecule has 0 atom stereocenters. The summed E-state index contributed by atoms with van der Waals surface area (Å²) in [5.74, 6) is -0.290. The minimum Gasteiger partial charge on any atom is -0.488 e. The molecule has 0 bridgehead atoms. The molecule has 4 amide bonds. The van der Waals surface area contributed by atoms with E-state index in [0.29, 0.717) is 38.4 Å². The van der Waals surface area contributed by atoms with Gasteiger partial charge >= 0.3 is 6.03 Å². The summed E-state index contributed by atoms with van der Waals surface area (Å²) in [5.41, 5.74) is 1.18. The Bertz CT molecular complexity index is 1400. The van der Waals surface area contributed by atoms with Gasteiger partial charge in [0.25, 0.3) is 11.8 Å². The van der Waals surface area contributed by atoms with Crippen LogP contribution in [-0.2, 0) is 16.2 Å². The molecule has 0 unspecified atom stereocenters. The van der Waals surface area contributed by atoms with Crippen molar-refractivity contribution in [3.63, 3.8) is 0 Å². The quantitative estimate of drug-likeness (QED) is 0.384. The zero-order chi connectivity index (χ0) is 24.5. The molecule has 2 heterocycles. The first-order valence-corrected chi connectivity index (χ1v) is 11.1. The zero-order valence-corrected chi connectivity index (χ0v) is 19.4. The first kappa shape index (κ1) is 22.8. The van der Waals surface area contributed by atoms with Crippen molar-refractivity contribution in [2.24, 2.45) is 0 Å². The summed E-state index contributed by atoms with van der Waals surface area (Å²) in [5, 5.41) is 3.16. The number of rotatable bonds is 5. The lowest BCUT2D eigenvalue weighted by molar-refractivity contribution is -0.122. The molecule has 1 N–H and O–H groups in total. The monoisotopic (exact) mass is 510 g/mol. The van der Waals surface area contributed by atoms with Crippen molar-refractivity contribution in [2.75, 3.05) is 11.7 Å². The SMILES string of the molecule is O=C1NC(=O)N(c2ccc3c(c2)OCO3)C(=O)/C1=C/c1ccccc1OCc1ccc(Cl)cc1Cl. The van der Waals surface area contributed by atoms with Gasteiger partial charge in [-0.1, -0.05) is 47.5 Å². The number of para-hydroxylation sites is 1. The molecule has 8 nitrogen and oxygen atoms in total. The molecule has 5 rings (SSSR count). The molecular formula is C25H16Cl2N2O6. The number of amides is 4. The number of ether oxygens (including phenoxy) is 3. The largest absolute Gasteiger partial charge is 0.488 e. The Labute approximate surface area is 209 Å². The van der Waals surface area contributed by atoms with Crippen LogP contribution in [0.2, 0.25) is 10.0 Å². The van der Waals surface area contributed by atoms with Crippen LogP contribution in [0.3, 0.4) is 0 Å². The number of barbiturate groups is 1. The summed E-state index contributed by atoms with van der Waals surface area (Å²) in [6.45, 7) is 0.179. The molecule has 3 aromatic carbocycles. The van der Waals surface area contributed by atoms with Crippen molar-refractivity contribution in [1.82, 2.24) is 5.32 Å². The maximum absolute atomic E-state index is 13.3. The highest BCUT2D eigenvalue weighted by atomic mass is 35.5. The maximum Gasteiger partial charge on any atom is 0.335 e. The van der Waals surface area contributed by atoms with E-state index < -0.39 is 17.8 Å². The van der Waals surface area contributed by atoms with Gasteiger partial charge in [-0.25, -0.2) is 9.69 Å². The summed E-state index contributed by atoms with van der Waals surface area (Å²) in [6.07, 6.45) is 1.38. The fourth-order valence-corrected chi connectivity index (χ4v) is 4.06. The number of urea groups is 1. The van der Waals surface area contributed by atoms with E-state index in [1.54, 1.807) is 48.5 Å². The van der Waals surface area contributed by atoms with Crippen molar-refractivity contribution >= 4 is 52.8 Å². The van der Waals surface area contributed by atoms with E-state index in [1.807, 2.05) is 0 Å². The summed E-state index contributed by atoms with van der Waals surface area (Å²) in [7, 11) is 0. The number of anilines is 1. The lowest BCUT2D eigenvalue weighted by Gasteiger charge is -2.26. The Kier molecular flexibility index (Phi) is 6.07. The Balaban J connectivity index is 1.44. The minimum absolute atomic E-state index is 0.0422. The van der Waals surface area contributed by atoms with E-state index in [0.717, 1.165) is 4.90 Å². The van der Waals surface area contributed by atoms with Crippen molar-refractivity contribution in [1.29, 1.82) is 0 Å². The molecule has 2 aliphatic rings. The molecule has 176 valence electrons. The highest BCUT2D eigenvalue weighted by Gasteiger charge is 2.37. The van der Waals surface area contributed by atoms with Crippen LogP contribution >= 0.6 is 23.2 Å². The number of nitrogens with zero attached hydrogens (tertiary/aromatic N) is 1. The molecular weight excluding hydrogens is 495 g/mol. The van der Waals surface area contributed by atoms with Crippen LogP contribution in [0, 0.1) is 0 Å². The van der Waals surface area contributed by atoms with Crippen LogP contribution in [0.4, 0.5) is 10.5 Å². The molecule has 0 aliphatic carbocycles. The average Bonchev–Trinajstić information content (AvgIpc) is 3.30. The molecule has 1 fully saturated rings. The topological polar surface area (TPSA) is 94.2 Å². The molecule has 2 aliphatic heterocycles. The summed E-state index contributed by atoms with van der Waals surface area (Å²) in [4.78, 5) is 39.2. The number of fused-ring (bicyclic) bond motifs is 1. The second-order valence-electron chi connectivity index (χ2n) is 7.56. The normalized spacial score (nSPS) is 16.0. The average molecular weight is 511 g/mol. The molecule has 1 saturated heterocycles. The zero-order valence-electron chi connectivity index (χ0n) is 17.9. The Morgan fingerprint density at radius 3 is 2.60 bits per heavy atom. The van der Waals surface area contributed by atoms with Crippen LogP contribution < -0.4 is 24.4 Å². The van der Waals surface area contributed by atoms with Crippen LogP contribution in [-0.4, -0.2) is 24.6 Å². The van der Waals surface area contributed by atoms with Crippen molar-refractivity contribution < 1.29 is 28.6 Å². The summed E-state index contributed by atoms with van der Waals surface area (Å²) >= 11 is 12.2. The minimum atomic E-state index is -0.863. The van der Waals surface area contributed by atoms with Crippen LogP contribution in [0.15, 0.2) is 66.2 Å². The Morgan fingerprint density at radius 1 is 0.971 bits per heavy atom. The number of carbonyl (C=O) groups excluding carboxylic acids is 3. The summed E-state index contributed by atoms with van der Waals surface area (Å²) in [6, 6.07) is 15.7. The molecule has 3 aromatic rings. The summed E-state index contributed by atoms with van der Waals surface area (Å²) < 4.78 is 16.5. The lowest BCUT2D eigenvalue weighted by Crippen LogP contribution is -2.54. The molecule has 0 spiro atoms. The number of imide groups is 2. The van der Waals surface area contributed by atoms with Crippen molar-refractivity contribution in [2.45, 2.75) is 6.61 Å². The van der Waals surface area contributed by atoms with Gasteiger partial charge in [0.15, 0.2) is 11.5 Å². The van der Waals surface area contributed by atoms with E-state index in [-0.39, 0.29) is 24.7 Å². The van der Waals surface area contributed by atoms with Gasteiger partial charge in [0, 0.05) is 27.2 Å². The molecule has 35 heavy (non-hydrogen) atoms. The highest BCUT2D eigenvalue weighted by Crippen LogP contribution is 2.36. The van der Waals surface area contributed by atoms with Gasteiger partial charge in [-0.05, 0) is 36.4 Å². The van der Waals surface area contributed by atoms with Gasteiger partial charge < -0.3 is 14.2 Å². The standard InChI is InChI=1S/C25H16Cl2N2O6/c26-16-6-5-15(19(27)10-16)12-33-20-4-2-1-3-14(20)9-18-23(30)28-25(32)29(24(18)31)17-7-8-21-22(11-17)35-13-34-21/h1-11H,12-13H2,(H,28,30,32)/b18-9+. The fourth-order valence-electron chi connectivity index (χ4n) is 3.60. The van der Waals surface area contributed by atoms with E-state index in [1.165, 1.54) is 18.2 Å². The number of benzene rings is 3. The van der Waals surface area contributed by atoms with Gasteiger partial charge in [0.2, 0.25) is 6.79 Å². The second kappa shape index (κ2) is 9.32. The Morgan fingerprint density at radius 2 is 1.77 bits per heavy atom. The van der Waals surface area contributed by atoms with Gasteiger partial charge in [-0.3, -0.25) is 14.9 Å². The predicted molar refractivity (Wildman–Crippen MR) is 129 cm³/mol. The smallest absolute Gasteiger partial charge is 0.335 e. The molecule has 10 heteroatoms. The predicted octanol–water partition coefficient (Wildman–Crippen LogP) is 4.97. The Hall–Kier alpha value is -4.01. The van der Waals surface area contributed by atoms with Gasteiger partial charge in [0.1, 0.15) is 17.9 Å². The molecule has 0 aromatic heterocycles. The van der Waals surface area contributed by atoms with Crippen molar-refractivity contribution in [3.8, 4) is 17.2 Å². The van der Waals surface area contributed by atoms with Gasteiger partial charge in [-0.15, -0.1) is 0 Å². The number of hydrogen-bond donors (Lipinski definition) is 1. The van der Waals surface area contributed by atoms with E-state index in [2.05, 4.69) is 5.32 Å². The third-order valence-electron chi connectivity index (χ3n) is 5.33. The number of hydrogen-bond acceptors (Lipinski definition) is 6. The van der Waals surface area contributed by atoms with Crippen LogP contribution in [0.25, 0.3) is 6.08 Å². The number of carbonyl (C=O) groups is 3. The molecule has 0 radical (unpaired) electrons. The maximum atomic E-state index is 13.3. The third kappa shape index (κ3) is 4.53. The first-order valence-electron chi connectivity index (χ1n) is 10.4. The lowest BCUT2D eigenvalue weighted by atomic mass is 10.1. The third-order valence-corrected chi connectivity index (χ3v) is 5.92. The van der Waals surface area contributed by atoms with Crippen LogP contribution in [0.5, 0.6) is 17.2 Å². The van der Waals surface area contributed by atoms with E-state index >= 15 is 0 Å². The highest BCUT2D eigenvalue weighted by molar-refractivity contribution is 6.39. The van der Waals surface area contributed by atoms with Crippen molar-refractivity contribution in [3.05, 3.63) is 87.4 Å². The second-order valence-corrected chi connectivity index (χ2v) is 8.40. The number of nitrogens with one attached hydrogen (secondary N) is 1. The van der Waals surface area contributed by atoms with Gasteiger partial charge in [0.05, 0.1) is 5.69 Å². The number of halogens is 2. The van der Waals surface area contributed by atoms with E-state index in [9.17, 15) is 14.4 Å². The van der Waals surface area contributed by atoms with Crippen LogP contribution in [0.1, 0.15) is 11.1 Å². The first-order chi connectivity index (χ1) is 16.9.